The van der Waals surface area contributed by atoms with E-state index in [0.717, 1.165) is 0 Å². The van der Waals surface area contributed by atoms with Crippen molar-refractivity contribution in [3.63, 3.8) is 0 Å². The average molecular weight is 577 g/mol. The summed E-state index contributed by atoms with van der Waals surface area (Å²) < 4.78 is 8.31. The number of fused-ring (bicyclic) bond motifs is 12. The van der Waals surface area contributed by atoms with Crippen LogP contribution >= 0.6 is 11.3 Å². The number of thiophene rings is 1. The molecule has 1 nitrogen and oxygen atoms in total. The Labute approximate surface area is 232 Å². The second kappa shape index (κ2) is 7.28. The zero-order chi connectivity index (χ0) is 25.2. The van der Waals surface area contributed by atoms with Crippen molar-refractivity contribution in [2.75, 3.05) is 0 Å². The molecule has 39 heavy (non-hydrogen) atoms. The number of rotatable bonds is 0. The summed E-state index contributed by atoms with van der Waals surface area (Å²) in [4.78, 5) is 0. The van der Waals surface area contributed by atoms with Crippen LogP contribution in [0.3, 0.4) is 0 Å². The van der Waals surface area contributed by atoms with Crippen molar-refractivity contribution >= 4 is 114 Å². The third-order valence-electron chi connectivity index (χ3n) is 8.54. The van der Waals surface area contributed by atoms with E-state index in [4.69, 9.17) is 0 Å². The van der Waals surface area contributed by atoms with Crippen LogP contribution in [0.5, 0.6) is 0 Å². The summed E-state index contributed by atoms with van der Waals surface area (Å²) in [5.74, 6) is 0. The van der Waals surface area contributed by atoms with Crippen molar-refractivity contribution in [1.82, 2.24) is 4.40 Å². The second-order valence-electron chi connectivity index (χ2n) is 10.4. The molecule has 0 amide bonds. The van der Waals surface area contributed by atoms with Crippen molar-refractivity contribution in [3.05, 3.63) is 115 Å². The summed E-state index contributed by atoms with van der Waals surface area (Å²) in [6.07, 6.45) is 0. The molecule has 0 aliphatic carbocycles. The van der Waals surface area contributed by atoms with E-state index in [1.54, 1.807) is 0 Å². The first-order chi connectivity index (χ1) is 19.4. The van der Waals surface area contributed by atoms with Gasteiger partial charge in [0, 0.05) is 0 Å². The Morgan fingerprint density at radius 3 is 1.92 bits per heavy atom. The minimum absolute atomic E-state index is 0.318. The SMILES string of the molecule is c1ccc2c(c1)[se]c1ccc3c4ccc5sc6cccc7c8ccccc8c8ccccc8n(c3c12)c4c5c67. The van der Waals surface area contributed by atoms with Gasteiger partial charge in [-0.15, -0.1) is 0 Å². The van der Waals surface area contributed by atoms with Crippen molar-refractivity contribution in [1.29, 1.82) is 0 Å². The number of nitrogens with zero attached hydrogens (tertiary/aromatic N) is 1. The Hall–Kier alpha value is -4.14. The van der Waals surface area contributed by atoms with E-state index in [-0.39, 0.29) is 0 Å². The van der Waals surface area contributed by atoms with Crippen LogP contribution in [0.2, 0.25) is 0 Å². The molecule has 0 unspecified atom stereocenters. The first kappa shape index (κ1) is 20.8. The van der Waals surface area contributed by atoms with E-state index in [0.29, 0.717) is 14.5 Å². The van der Waals surface area contributed by atoms with Gasteiger partial charge in [-0.2, -0.15) is 0 Å². The predicted molar refractivity (Wildman–Crippen MR) is 172 cm³/mol. The molecule has 0 spiro atoms. The molecule has 4 heterocycles. The first-order valence-corrected chi connectivity index (χ1v) is 15.8. The molecule has 0 saturated carbocycles. The average Bonchev–Trinajstić information content (AvgIpc) is 3.66. The number of aromatic nitrogens is 1. The summed E-state index contributed by atoms with van der Waals surface area (Å²) in [5.41, 5.74) is 3.95. The molecule has 4 aromatic heterocycles. The van der Waals surface area contributed by atoms with Crippen LogP contribution in [0.4, 0.5) is 0 Å². The van der Waals surface area contributed by atoms with Gasteiger partial charge in [0.2, 0.25) is 0 Å². The molecule has 0 fully saturated rings. The monoisotopic (exact) mass is 577 g/mol. The third-order valence-corrected chi connectivity index (χ3v) is 12.0. The van der Waals surface area contributed by atoms with E-state index < -0.39 is 0 Å². The molecule has 0 aliphatic rings. The molecule has 0 aliphatic heterocycles. The summed E-state index contributed by atoms with van der Waals surface area (Å²) in [6.45, 7) is 0. The topological polar surface area (TPSA) is 4.41 Å². The van der Waals surface area contributed by atoms with Gasteiger partial charge < -0.3 is 0 Å². The Balaban J connectivity index is 1.71. The van der Waals surface area contributed by atoms with E-state index in [1.165, 1.54) is 88.3 Å². The quantitative estimate of drug-likeness (QED) is 0.158. The van der Waals surface area contributed by atoms with Gasteiger partial charge in [-0.25, -0.2) is 0 Å². The van der Waals surface area contributed by atoms with Crippen molar-refractivity contribution in [3.8, 4) is 0 Å². The second-order valence-corrected chi connectivity index (χ2v) is 13.8. The van der Waals surface area contributed by atoms with Gasteiger partial charge in [0.15, 0.2) is 0 Å². The summed E-state index contributed by atoms with van der Waals surface area (Å²) in [7, 11) is 0. The molecule has 0 N–H and O–H groups in total. The summed E-state index contributed by atoms with van der Waals surface area (Å²) in [5, 5.41) is 13.5. The number of benzene rings is 6. The number of hydrogen-bond acceptors (Lipinski definition) is 1. The maximum atomic E-state index is 2.63. The Kier molecular flexibility index (Phi) is 3.88. The predicted octanol–water partition coefficient (Wildman–Crippen LogP) is 10.3. The normalized spacial score (nSPS) is 12.6. The van der Waals surface area contributed by atoms with Gasteiger partial charge in [-0.05, 0) is 0 Å². The van der Waals surface area contributed by atoms with Crippen LogP contribution in [-0.2, 0) is 0 Å². The fourth-order valence-corrected chi connectivity index (χ4v) is 10.5. The molecule has 0 saturated heterocycles. The molecule has 10 aromatic rings. The number of para-hydroxylation sites is 1. The van der Waals surface area contributed by atoms with Gasteiger partial charge in [0.1, 0.15) is 0 Å². The van der Waals surface area contributed by atoms with Gasteiger partial charge in [0.05, 0.1) is 0 Å². The summed E-state index contributed by atoms with van der Waals surface area (Å²) >= 11 is 2.24. The molecule has 6 aromatic carbocycles. The Morgan fingerprint density at radius 2 is 1.05 bits per heavy atom. The van der Waals surface area contributed by atoms with E-state index in [9.17, 15) is 0 Å². The zero-order valence-corrected chi connectivity index (χ0v) is 23.3. The van der Waals surface area contributed by atoms with Gasteiger partial charge in [0.25, 0.3) is 0 Å². The van der Waals surface area contributed by atoms with Crippen LogP contribution in [0, 0.1) is 0 Å². The van der Waals surface area contributed by atoms with E-state index in [1.807, 2.05) is 11.3 Å². The minimum atomic E-state index is 0.318. The van der Waals surface area contributed by atoms with Crippen molar-refractivity contribution in [2.45, 2.75) is 0 Å². The van der Waals surface area contributed by atoms with E-state index >= 15 is 0 Å². The van der Waals surface area contributed by atoms with Crippen LogP contribution in [0.1, 0.15) is 0 Å². The first-order valence-electron chi connectivity index (χ1n) is 13.3. The van der Waals surface area contributed by atoms with Crippen molar-refractivity contribution < 1.29 is 0 Å². The Morgan fingerprint density at radius 1 is 0.410 bits per heavy atom. The fraction of sp³-hybridized carbons (Fsp3) is 0. The number of hydrogen-bond donors (Lipinski definition) is 0. The van der Waals surface area contributed by atoms with E-state index in [2.05, 4.69) is 120 Å². The Bertz CT molecular complexity index is 2670. The van der Waals surface area contributed by atoms with Gasteiger partial charge in [-0.1, -0.05) is 0 Å². The van der Waals surface area contributed by atoms with Crippen LogP contribution in [-0.4, -0.2) is 18.9 Å². The molecular weight excluding hydrogens is 557 g/mol. The molecule has 0 bridgehead atoms. The molecule has 10 rings (SSSR count). The molecular formula is C36H19NSSe. The summed E-state index contributed by atoms with van der Waals surface area (Å²) in [6, 6.07) is 43.4. The third kappa shape index (κ3) is 2.52. The maximum absolute atomic E-state index is 2.63. The molecule has 0 atom stereocenters. The van der Waals surface area contributed by atoms with Crippen LogP contribution in [0.25, 0.3) is 88.3 Å². The molecule has 3 heteroatoms. The zero-order valence-electron chi connectivity index (χ0n) is 20.7. The van der Waals surface area contributed by atoms with Gasteiger partial charge in [-0.3, -0.25) is 0 Å². The fourth-order valence-electron chi connectivity index (χ4n) is 7.02. The van der Waals surface area contributed by atoms with Crippen LogP contribution < -0.4 is 0 Å². The molecule has 0 radical (unpaired) electrons. The standard InChI is InChI=1S/C36H19NSSe/c1-2-9-21-20(8-1)22-10-3-5-13-27(22)37-35-25(17-19-31-33(35)26-11-4-6-15-30(26)39-31)24-16-18-29-34(36(24)37)32-23(21)12-7-14-28(32)38-29/h1-19H. The van der Waals surface area contributed by atoms with Crippen LogP contribution in [0.15, 0.2) is 115 Å². The van der Waals surface area contributed by atoms with Gasteiger partial charge >= 0.3 is 234 Å². The van der Waals surface area contributed by atoms with Crippen molar-refractivity contribution in [2.24, 2.45) is 0 Å². The molecule has 180 valence electrons.